The van der Waals surface area contributed by atoms with Crippen LogP contribution < -0.4 is 9.80 Å². The molecule has 0 spiro atoms. The lowest BCUT2D eigenvalue weighted by molar-refractivity contribution is 0.838. The molecule has 0 unspecified atom stereocenters. The lowest BCUT2D eigenvalue weighted by atomic mass is 9.82. The molecule has 0 atom stereocenters. The minimum Gasteiger partial charge on any atom is -0.355 e. The van der Waals surface area contributed by atoms with Gasteiger partial charge in [0.05, 0.1) is 40.5 Å². The molecule has 3 heterocycles. The van der Waals surface area contributed by atoms with Gasteiger partial charge >= 0.3 is 0 Å². The van der Waals surface area contributed by atoms with E-state index in [4.69, 9.17) is 5.10 Å². The van der Waals surface area contributed by atoms with E-state index >= 15 is 0 Å². The molecule has 284 valence electrons. The van der Waals surface area contributed by atoms with E-state index in [1.807, 2.05) is 0 Å². The SMILES string of the molecule is CC(C)c1cccc(C(C)C)c1-c1c(-c2ccccc2)nn(-c2ccc3c4ccccc4n(-c4cccc(N5CN(C)c6ccccc65)c4)c3c2)c1-c1ccccc1. The van der Waals surface area contributed by atoms with Crippen molar-refractivity contribution in [1.82, 2.24) is 14.3 Å². The van der Waals surface area contributed by atoms with Gasteiger partial charge in [-0.25, -0.2) is 4.68 Å². The van der Waals surface area contributed by atoms with Gasteiger partial charge in [-0.3, -0.25) is 0 Å². The second-order valence-electron chi connectivity index (χ2n) is 16.2. The average molecular weight is 754 g/mol. The molecule has 0 bridgehead atoms. The van der Waals surface area contributed by atoms with Crippen LogP contribution in [0.2, 0.25) is 0 Å². The lowest BCUT2D eigenvalue weighted by Gasteiger charge is -2.21. The zero-order chi connectivity index (χ0) is 39.5. The first-order valence-electron chi connectivity index (χ1n) is 20.5. The molecule has 9 aromatic rings. The van der Waals surface area contributed by atoms with Crippen LogP contribution in [-0.4, -0.2) is 28.1 Å². The van der Waals surface area contributed by atoms with Crippen molar-refractivity contribution in [2.24, 2.45) is 0 Å². The van der Waals surface area contributed by atoms with Gasteiger partial charge in [0.25, 0.3) is 0 Å². The summed E-state index contributed by atoms with van der Waals surface area (Å²) in [4.78, 5) is 4.71. The molecule has 0 aliphatic carbocycles. The molecule has 5 heteroatoms. The topological polar surface area (TPSA) is 29.2 Å². The van der Waals surface area contributed by atoms with Crippen LogP contribution in [0.15, 0.2) is 170 Å². The molecule has 0 saturated carbocycles. The Labute approximate surface area is 341 Å². The predicted octanol–water partition coefficient (Wildman–Crippen LogP) is 13.8. The summed E-state index contributed by atoms with van der Waals surface area (Å²) in [7, 11) is 2.16. The monoisotopic (exact) mass is 753 g/mol. The molecule has 0 N–H and O–H groups in total. The molecular formula is C53H47N5. The molecule has 0 radical (unpaired) electrons. The Kier molecular flexibility index (Phi) is 8.75. The van der Waals surface area contributed by atoms with Crippen molar-refractivity contribution < 1.29 is 0 Å². The van der Waals surface area contributed by atoms with Crippen LogP contribution in [0, 0.1) is 0 Å². The van der Waals surface area contributed by atoms with Gasteiger partial charge < -0.3 is 14.4 Å². The van der Waals surface area contributed by atoms with Crippen LogP contribution in [0.4, 0.5) is 17.1 Å². The van der Waals surface area contributed by atoms with Crippen molar-refractivity contribution in [3.8, 4) is 45.0 Å². The third kappa shape index (κ3) is 5.80. The maximum absolute atomic E-state index is 5.66. The lowest BCUT2D eigenvalue weighted by Crippen LogP contribution is -2.24. The van der Waals surface area contributed by atoms with Gasteiger partial charge in [0.1, 0.15) is 5.69 Å². The molecule has 1 aliphatic heterocycles. The zero-order valence-corrected chi connectivity index (χ0v) is 33.8. The standard InChI is InChI=1S/C53H47N5/c1-35(2)42-25-17-26-43(36(3)4)50(42)51-52(37-18-8-6-9-19-37)54-58(53(51)38-20-10-7-11-21-38)41-30-31-45-44-24-12-13-27-46(44)57(49(45)33-41)40-23-16-22-39(32-40)56-34-55(5)47-28-14-15-29-48(47)56/h6-33,35-36H,34H2,1-5H3. The van der Waals surface area contributed by atoms with Crippen molar-refractivity contribution in [3.05, 3.63) is 181 Å². The van der Waals surface area contributed by atoms with Crippen LogP contribution in [-0.2, 0) is 0 Å². The molecule has 0 saturated heterocycles. The first kappa shape index (κ1) is 35.6. The number of para-hydroxylation sites is 3. The van der Waals surface area contributed by atoms with E-state index in [2.05, 4.69) is 224 Å². The number of rotatable bonds is 8. The summed E-state index contributed by atoms with van der Waals surface area (Å²) in [6.07, 6.45) is 0. The maximum atomic E-state index is 5.66. The predicted molar refractivity (Wildman–Crippen MR) is 244 cm³/mol. The number of hydrogen-bond donors (Lipinski definition) is 0. The molecule has 0 amide bonds. The molecule has 2 aromatic heterocycles. The molecule has 7 aromatic carbocycles. The summed E-state index contributed by atoms with van der Waals surface area (Å²) in [5.41, 5.74) is 17.5. The van der Waals surface area contributed by atoms with Crippen LogP contribution in [0.3, 0.4) is 0 Å². The Bertz CT molecular complexity index is 2930. The second-order valence-corrected chi connectivity index (χ2v) is 16.2. The van der Waals surface area contributed by atoms with Gasteiger partial charge in [-0.15, -0.1) is 0 Å². The molecule has 1 aliphatic rings. The van der Waals surface area contributed by atoms with Crippen molar-refractivity contribution >= 4 is 38.9 Å². The fraction of sp³-hybridized carbons (Fsp3) is 0.151. The molecule has 0 fully saturated rings. The van der Waals surface area contributed by atoms with Crippen LogP contribution >= 0.6 is 0 Å². The van der Waals surface area contributed by atoms with Crippen LogP contribution in [0.5, 0.6) is 0 Å². The molecule has 5 nitrogen and oxygen atoms in total. The van der Waals surface area contributed by atoms with Crippen LogP contribution in [0.1, 0.15) is 50.7 Å². The number of fused-ring (bicyclic) bond motifs is 4. The quantitative estimate of drug-likeness (QED) is 0.155. The van der Waals surface area contributed by atoms with E-state index in [0.29, 0.717) is 11.8 Å². The fourth-order valence-electron chi connectivity index (χ4n) is 9.11. The largest absolute Gasteiger partial charge is 0.355 e. The van der Waals surface area contributed by atoms with Crippen molar-refractivity contribution in [1.29, 1.82) is 0 Å². The van der Waals surface area contributed by atoms with E-state index < -0.39 is 0 Å². The average Bonchev–Trinajstić information content (AvgIpc) is 3.93. The van der Waals surface area contributed by atoms with Crippen molar-refractivity contribution in [2.45, 2.75) is 39.5 Å². The second kappa shape index (κ2) is 14.3. The number of benzene rings is 7. The van der Waals surface area contributed by atoms with Gasteiger partial charge in [0.2, 0.25) is 0 Å². The van der Waals surface area contributed by atoms with Crippen molar-refractivity contribution in [3.63, 3.8) is 0 Å². The highest BCUT2D eigenvalue weighted by Crippen LogP contribution is 2.47. The van der Waals surface area contributed by atoms with Crippen LogP contribution in [0.25, 0.3) is 66.8 Å². The Morgan fingerprint density at radius 3 is 1.81 bits per heavy atom. The Morgan fingerprint density at radius 2 is 1.09 bits per heavy atom. The number of anilines is 3. The number of aromatic nitrogens is 3. The summed E-state index contributed by atoms with van der Waals surface area (Å²) >= 11 is 0. The first-order chi connectivity index (χ1) is 28.4. The highest BCUT2D eigenvalue weighted by Gasteiger charge is 2.29. The first-order valence-corrected chi connectivity index (χ1v) is 20.5. The van der Waals surface area contributed by atoms with Gasteiger partial charge in [-0.2, -0.15) is 5.10 Å². The highest BCUT2D eigenvalue weighted by atomic mass is 15.4. The van der Waals surface area contributed by atoms with Gasteiger partial charge in [0.15, 0.2) is 0 Å². The summed E-state index contributed by atoms with van der Waals surface area (Å²) in [5.74, 6) is 0.642. The summed E-state index contributed by atoms with van der Waals surface area (Å²) in [5, 5.41) is 8.09. The highest BCUT2D eigenvalue weighted by molar-refractivity contribution is 6.10. The Hall–Kier alpha value is -6.85. The van der Waals surface area contributed by atoms with Gasteiger partial charge in [0, 0.05) is 45.9 Å². The zero-order valence-electron chi connectivity index (χ0n) is 33.8. The summed E-state index contributed by atoms with van der Waals surface area (Å²) in [6.45, 7) is 10.0. The number of nitrogens with zero attached hydrogens (tertiary/aromatic N) is 5. The Morgan fingerprint density at radius 1 is 0.483 bits per heavy atom. The van der Waals surface area contributed by atoms with E-state index in [0.717, 1.165) is 51.8 Å². The van der Waals surface area contributed by atoms with Gasteiger partial charge in [-0.1, -0.05) is 149 Å². The third-order valence-electron chi connectivity index (χ3n) is 11.8. The Balaban J connectivity index is 1.25. The van der Waals surface area contributed by atoms with Gasteiger partial charge in [-0.05, 0) is 77.1 Å². The van der Waals surface area contributed by atoms with E-state index in [1.165, 1.54) is 49.9 Å². The fourth-order valence-corrected chi connectivity index (χ4v) is 9.11. The normalized spacial score (nSPS) is 12.7. The number of hydrogen-bond acceptors (Lipinski definition) is 3. The molecular weight excluding hydrogens is 707 g/mol. The third-order valence-corrected chi connectivity index (χ3v) is 11.8. The van der Waals surface area contributed by atoms with E-state index in [-0.39, 0.29) is 0 Å². The molecule has 58 heavy (non-hydrogen) atoms. The minimum atomic E-state index is 0.321. The smallest absolute Gasteiger partial charge is 0.101 e. The van der Waals surface area contributed by atoms with E-state index in [1.54, 1.807) is 0 Å². The van der Waals surface area contributed by atoms with Crippen molar-refractivity contribution in [2.75, 3.05) is 23.5 Å². The summed E-state index contributed by atoms with van der Waals surface area (Å²) < 4.78 is 4.64. The maximum Gasteiger partial charge on any atom is 0.101 e. The van der Waals surface area contributed by atoms with E-state index in [9.17, 15) is 0 Å². The minimum absolute atomic E-state index is 0.321. The summed E-state index contributed by atoms with van der Waals surface area (Å²) in [6, 6.07) is 61.7. The molecule has 10 rings (SSSR count).